The third kappa shape index (κ3) is 3.00. The van der Waals surface area contributed by atoms with Crippen LogP contribution in [0.25, 0.3) is 0 Å². The summed E-state index contributed by atoms with van der Waals surface area (Å²) in [7, 11) is 1.80. The standard InChI is InChI=1S/C13H18F3N3/c1-19(10-4-2-3-5-10)12-9(8-17)6-7-11(18-12)13(14,15)16/h6-7,10H,2-5,8,17H2,1H3. The van der Waals surface area contributed by atoms with E-state index in [9.17, 15) is 13.2 Å². The van der Waals surface area contributed by atoms with Gasteiger partial charge >= 0.3 is 6.18 Å². The van der Waals surface area contributed by atoms with E-state index < -0.39 is 11.9 Å². The number of nitrogens with two attached hydrogens (primary N) is 1. The molecule has 106 valence electrons. The molecule has 1 aromatic rings. The Hall–Kier alpha value is -1.30. The summed E-state index contributed by atoms with van der Waals surface area (Å²) in [6.07, 6.45) is -0.187. The molecule has 2 rings (SSSR count). The fourth-order valence-electron chi connectivity index (χ4n) is 2.56. The average Bonchev–Trinajstić information content (AvgIpc) is 2.90. The predicted octanol–water partition coefficient (Wildman–Crippen LogP) is 2.94. The van der Waals surface area contributed by atoms with Gasteiger partial charge in [-0.25, -0.2) is 4.98 Å². The lowest BCUT2D eigenvalue weighted by Crippen LogP contribution is -2.31. The van der Waals surface area contributed by atoms with Crippen LogP contribution in [0.4, 0.5) is 19.0 Å². The summed E-state index contributed by atoms with van der Waals surface area (Å²) in [5, 5.41) is 0. The fourth-order valence-corrected chi connectivity index (χ4v) is 2.56. The predicted molar refractivity (Wildman–Crippen MR) is 67.8 cm³/mol. The maximum absolute atomic E-state index is 12.7. The molecule has 0 atom stereocenters. The number of anilines is 1. The molecule has 1 aliphatic rings. The zero-order valence-corrected chi connectivity index (χ0v) is 10.9. The summed E-state index contributed by atoms with van der Waals surface area (Å²) >= 11 is 0. The Kier molecular flexibility index (Phi) is 3.99. The van der Waals surface area contributed by atoms with E-state index in [1.807, 2.05) is 4.90 Å². The van der Waals surface area contributed by atoms with Crippen molar-refractivity contribution in [1.29, 1.82) is 0 Å². The van der Waals surface area contributed by atoms with Crippen molar-refractivity contribution >= 4 is 5.82 Å². The molecule has 1 aliphatic carbocycles. The second kappa shape index (κ2) is 5.36. The number of nitrogens with zero attached hydrogens (tertiary/aromatic N) is 2. The van der Waals surface area contributed by atoms with Crippen molar-refractivity contribution in [3.8, 4) is 0 Å². The topological polar surface area (TPSA) is 42.2 Å². The molecule has 1 heterocycles. The molecule has 2 N–H and O–H groups in total. The Bertz CT molecular complexity index is 439. The lowest BCUT2D eigenvalue weighted by Gasteiger charge is -2.28. The summed E-state index contributed by atoms with van der Waals surface area (Å²) in [6, 6.07) is 2.69. The smallest absolute Gasteiger partial charge is 0.356 e. The molecule has 1 aromatic heterocycles. The van der Waals surface area contributed by atoms with Gasteiger partial charge in [0.05, 0.1) is 0 Å². The van der Waals surface area contributed by atoms with Gasteiger partial charge in [0, 0.05) is 25.2 Å². The number of alkyl halides is 3. The minimum absolute atomic E-state index is 0.192. The third-order valence-electron chi connectivity index (χ3n) is 3.67. The summed E-state index contributed by atoms with van der Waals surface area (Å²) in [6.45, 7) is 0.192. The quantitative estimate of drug-likeness (QED) is 0.920. The lowest BCUT2D eigenvalue weighted by molar-refractivity contribution is -0.141. The van der Waals surface area contributed by atoms with Crippen LogP contribution in [0, 0.1) is 0 Å². The van der Waals surface area contributed by atoms with E-state index >= 15 is 0 Å². The second-order valence-electron chi connectivity index (χ2n) is 4.93. The highest BCUT2D eigenvalue weighted by atomic mass is 19.4. The van der Waals surface area contributed by atoms with Gasteiger partial charge in [0.25, 0.3) is 0 Å². The number of pyridine rings is 1. The number of aromatic nitrogens is 1. The van der Waals surface area contributed by atoms with Crippen LogP contribution in [0.1, 0.15) is 36.9 Å². The van der Waals surface area contributed by atoms with E-state index in [0.29, 0.717) is 11.4 Å². The van der Waals surface area contributed by atoms with Crippen LogP contribution in [0.2, 0.25) is 0 Å². The molecule has 0 aliphatic heterocycles. The molecule has 19 heavy (non-hydrogen) atoms. The zero-order valence-electron chi connectivity index (χ0n) is 10.9. The molecule has 0 radical (unpaired) electrons. The summed E-state index contributed by atoms with van der Waals surface area (Å²) in [4.78, 5) is 5.63. The van der Waals surface area contributed by atoms with Crippen molar-refractivity contribution < 1.29 is 13.2 Å². The van der Waals surface area contributed by atoms with Crippen molar-refractivity contribution in [2.24, 2.45) is 5.73 Å². The molecule has 0 unspecified atom stereocenters. The maximum Gasteiger partial charge on any atom is 0.433 e. The molecule has 0 aromatic carbocycles. The first-order valence-electron chi connectivity index (χ1n) is 6.43. The molecule has 1 fully saturated rings. The molecule has 0 saturated heterocycles. The first-order chi connectivity index (χ1) is 8.93. The molecule has 0 amide bonds. The Labute approximate surface area is 110 Å². The molecule has 3 nitrogen and oxygen atoms in total. The van der Waals surface area contributed by atoms with Gasteiger partial charge in [0.15, 0.2) is 0 Å². The van der Waals surface area contributed by atoms with Crippen LogP contribution in [0.3, 0.4) is 0 Å². The zero-order chi connectivity index (χ0) is 14.0. The first-order valence-corrected chi connectivity index (χ1v) is 6.43. The van der Waals surface area contributed by atoms with Crippen LogP contribution < -0.4 is 10.6 Å². The van der Waals surface area contributed by atoms with E-state index in [2.05, 4.69) is 4.98 Å². The van der Waals surface area contributed by atoms with Gasteiger partial charge in [-0.3, -0.25) is 0 Å². The highest BCUT2D eigenvalue weighted by molar-refractivity contribution is 5.48. The highest BCUT2D eigenvalue weighted by Gasteiger charge is 2.34. The molecule has 1 saturated carbocycles. The van der Waals surface area contributed by atoms with Gasteiger partial charge in [-0.05, 0) is 18.9 Å². The molecular weight excluding hydrogens is 255 g/mol. The van der Waals surface area contributed by atoms with Gasteiger partial charge in [0.1, 0.15) is 11.5 Å². The van der Waals surface area contributed by atoms with Crippen LogP contribution in [0.5, 0.6) is 0 Å². The van der Waals surface area contributed by atoms with Crippen LogP contribution in [0.15, 0.2) is 12.1 Å². The number of hydrogen-bond donors (Lipinski definition) is 1. The molecule has 0 bridgehead atoms. The highest BCUT2D eigenvalue weighted by Crippen LogP contribution is 2.32. The number of rotatable bonds is 3. The van der Waals surface area contributed by atoms with Crippen molar-refractivity contribution in [1.82, 2.24) is 4.98 Å². The Morgan fingerprint density at radius 1 is 1.32 bits per heavy atom. The number of hydrogen-bond acceptors (Lipinski definition) is 3. The Morgan fingerprint density at radius 3 is 2.47 bits per heavy atom. The normalized spacial score (nSPS) is 16.9. The summed E-state index contributed by atoms with van der Waals surface area (Å²) in [5.74, 6) is 0.365. The maximum atomic E-state index is 12.7. The molecule has 0 spiro atoms. The Morgan fingerprint density at radius 2 is 1.95 bits per heavy atom. The number of halogens is 3. The van der Waals surface area contributed by atoms with Gasteiger partial charge in [0.2, 0.25) is 0 Å². The van der Waals surface area contributed by atoms with Gasteiger partial charge in [-0.2, -0.15) is 13.2 Å². The van der Waals surface area contributed by atoms with E-state index in [4.69, 9.17) is 5.73 Å². The van der Waals surface area contributed by atoms with Crippen LogP contribution in [-0.4, -0.2) is 18.1 Å². The van der Waals surface area contributed by atoms with Gasteiger partial charge < -0.3 is 10.6 Å². The van der Waals surface area contributed by atoms with Gasteiger partial charge in [-0.15, -0.1) is 0 Å². The SMILES string of the molecule is CN(c1nc(C(F)(F)F)ccc1CN)C1CCCC1. The minimum atomic E-state index is -4.42. The minimum Gasteiger partial charge on any atom is -0.356 e. The van der Waals surface area contributed by atoms with E-state index in [0.717, 1.165) is 31.7 Å². The van der Waals surface area contributed by atoms with Crippen molar-refractivity contribution in [2.75, 3.05) is 11.9 Å². The van der Waals surface area contributed by atoms with Crippen molar-refractivity contribution in [2.45, 2.75) is 44.4 Å². The van der Waals surface area contributed by atoms with Crippen LogP contribution >= 0.6 is 0 Å². The molecule has 6 heteroatoms. The monoisotopic (exact) mass is 273 g/mol. The van der Waals surface area contributed by atoms with Crippen molar-refractivity contribution in [3.63, 3.8) is 0 Å². The van der Waals surface area contributed by atoms with E-state index in [-0.39, 0.29) is 12.6 Å². The second-order valence-corrected chi connectivity index (χ2v) is 4.93. The summed E-state index contributed by atoms with van der Waals surface area (Å²) < 4.78 is 38.2. The summed E-state index contributed by atoms with van der Waals surface area (Å²) in [5.41, 5.74) is 5.40. The average molecular weight is 273 g/mol. The van der Waals surface area contributed by atoms with Crippen molar-refractivity contribution in [3.05, 3.63) is 23.4 Å². The van der Waals surface area contributed by atoms with Crippen LogP contribution in [-0.2, 0) is 12.7 Å². The Balaban J connectivity index is 2.35. The largest absolute Gasteiger partial charge is 0.433 e. The van der Waals surface area contributed by atoms with E-state index in [1.165, 1.54) is 6.07 Å². The molecular formula is C13H18F3N3. The fraction of sp³-hybridized carbons (Fsp3) is 0.615. The first kappa shape index (κ1) is 14.1. The third-order valence-corrected chi connectivity index (χ3v) is 3.67. The lowest BCUT2D eigenvalue weighted by atomic mass is 10.1. The van der Waals surface area contributed by atoms with E-state index in [1.54, 1.807) is 7.05 Å². The van der Waals surface area contributed by atoms with Gasteiger partial charge in [-0.1, -0.05) is 18.9 Å².